The van der Waals surface area contributed by atoms with Gasteiger partial charge in [-0.1, -0.05) is 11.6 Å². The van der Waals surface area contributed by atoms with Crippen LogP contribution in [0.15, 0.2) is 12.3 Å². The fourth-order valence-corrected chi connectivity index (χ4v) is 2.65. The van der Waals surface area contributed by atoms with E-state index in [9.17, 15) is 18.0 Å². The molecule has 1 amide bonds. The third-order valence-corrected chi connectivity index (χ3v) is 3.82. The normalized spacial score (nSPS) is 18.4. The number of carbonyl (C=O) groups excluding carboxylic acids is 1. The maximum absolute atomic E-state index is 12.6. The van der Waals surface area contributed by atoms with Crippen LogP contribution in [0.25, 0.3) is 0 Å². The fourth-order valence-electron chi connectivity index (χ4n) is 2.43. The van der Waals surface area contributed by atoms with Gasteiger partial charge in [-0.05, 0) is 39.7 Å². The van der Waals surface area contributed by atoms with E-state index in [0.29, 0.717) is 19.2 Å². The molecular formula is C16H20ClF3N2O3. The summed E-state index contributed by atoms with van der Waals surface area (Å²) in [4.78, 5) is 17.4. The van der Waals surface area contributed by atoms with E-state index in [-0.39, 0.29) is 23.6 Å². The molecule has 1 aliphatic heterocycles. The first-order chi connectivity index (χ1) is 11.5. The predicted octanol–water partition coefficient (Wildman–Crippen LogP) is 4.53. The van der Waals surface area contributed by atoms with Crippen LogP contribution < -0.4 is 4.74 Å². The number of halogens is 4. The van der Waals surface area contributed by atoms with Crippen molar-refractivity contribution in [3.05, 3.63) is 22.8 Å². The van der Waals surface area contributed by atoms with Gasteiger partial charge in [-0.3, -0.25) is 0 Å². The fraction of sp³-hybridized carbons (Fsp3) is 0.625. The van der Waals surface area contributed by atoms with Crippen LogP contribution >= 0.6 is 11.6 Å². The molecule has 0 saturated carbocycles. The van der Waals surface area contributed by atoms with Crippen molar-refractivity contribution in [1.82, 2.24) is 9.88 Å². The molecule has 1 aromatic heterocycles. The summed E-state index contributed by atoms with van der Waals surface area (Å²) in [7, 11) is 0. The molecular weight excluding hydrogens is 361 g/mol. The molecule has 0 aromatic carbocycles. The monoisotopic (exact) mass is 380 g/mol. The van der Waals surface area contributed by atoms with E-state index >= 15 is 0 Å². The Hall–Kier alpha value is -1.70. The molecule has 25 heavy (non-hydrogen) atoms. The maximum atomic E-state index is 12.6. The van der Waals surface area contributed by atoms with E-state index in [2.05, 4.69) is 4.98 Å². The van der Waals surface area contributed by atoms with Crippen LogP contribution in [0.5, 0.6) is 5.88 Å². The third-order valence-electron chi connectivity index (χ3n) is 3.55. The number of ether oxygens (including phenoxy) is 2. The highest BCUT2D eigenvalue weighted by atomic mass is 35.5. The number of pyridine rings is 1. The van der Waals surface area contributed by atoms with Crippen molar-refractivity contribution < 1.29 is 27.4 Å². The number of nitrogens with zero attached hydrogens (tertiary/aromatic N) is 2. The first kappa shape index (κ1) is 19.6. The van der Waals surface area contributed by atoms with Gasteiger partial charge in [0.25, 0.3) is 0 Å². The Kier molecular flexibility index (Phi) is 5.71. The van der Waals surface area contributed by atoms with Gasteiger partial charge in [0.2, 0.25) is 5.88 Å². The molecule has 0 spiro atoms. The maximum Gasteiger partial charge on any atom is 0.417 e. The summed E-state index contributed by atoms with van der Waals surface area (Å²) in [6, 6.07) is 0.527. The average molecular weight is 381 g/mol. The Morgan fingerprint density at radius 3 is 2.64 bits per heavy atom. The molecule has 1 fully saturated rings. The van der Waals surface area contributed by atoms with Crippen LogP contribution in [-0.2, 0) is 10.9 Å². The lowest BCUT2D eigenvalue weighted by Gasteiger charge is -2.28. The van der Waals surface area contributed by atoms with Gasteiger partial charge in [-0.25, -0.2) is 9.78 Å². The molecule has 0 aliphatic carbocycles. The van der Waals surface area contributed by atoms with Crippen molar-refractivity contribution in [2.75, 3.05) is 13.2 Å². The molecule has 9 heteroatoms. The number of carbonyl (C=O) groups is 1. The highest BCUT2D eigenvalue weighted by molar-refractivity contribution is 6.31. The van der Waals surface area contributed by atoms with Crippen molar-refractivity contribution in [3.63, 3.8) is 0 Å². The summed E-state index contributed by atoms with van der Waals surface area (Å²) in [6.45, 7) is 5.95. The molecule has 5 nitrogen and oxygen atoms in total. The molecule has 1 atom stereocenters. The number of alkyl halides is 3. The van der Waals surface area contributed by atoms with Crippen molar-refractivity contribution in [1.29, 1.82) is 0 Å². The van der Waals surface area contributed by atoms with Crippen LogP contribution in [-0.4, -0.2) is 40.8 Å². The molecule has 0 radical (unpaired) electrons. The van der Waals surface area contributed by atoms with E-state index in [1.54, 1.807) is 25.7 Å². The average Bonchev–Trinajstić information content (AvgIpc) is 2.91. The minimum absolute atomic E-state index is 0.0807. The second kappa shape index (κ2) is 7.27. The van der Waals surface area contributed by atoms with Gasteiger partial charge in [0.1, 0.15) is 17.2 Å². The molecule has 2 rings (SSSR count). The van der Waals surface area contributed by atoms with Gasteiger partial charge in [-0.2, -0.15) is 13.2 Å². The second-order valence-electron chi connectivity index (χ2n) is 6.79. The summed E-state index contributed by atoms with van der Waals surface area (Å²) in [5.74, 6) is -0.0919. The molecule has 1 aliphatic rings. The Morgan fingerprint density at radius 1 is 1.40 bits per heavy atom. The lowest BCUT2D eigenvalue weighted by atomic mass is 10.2. The third kappa shape index (κ3) is 5.39. The van der Waals surface area contributed by atoms with Gasteiger partial charge >= 0.3 is 12.3 Å². The Morgan fingerprint density at radius 2 is 2.08 bits per heavy atom. The smallest absolute Gasteiger partial charge is 0.417 e. The number of amides is 1. The first-order valence-electron chi connectivity index (χ1n) is 7.82. The van der Waals surface area contributed by atoms with Crippen LogP contribution in [0, 0.1) is 0 Å². The van der Waals surface area contributed by atoms with Crippen molar-refractivity contribution in [2.24, 2.45) is 0 Å². The molecule has 140 valence electrons. The summed E-state index contributed by atoms with van der Waals surface area (Å²) in [6.07, 6.45) is -2.79. The lowest BCUT2D eigenvalue weighted by molar-refractivity contribution is -0.137. The zero-order chi connectivity index (χ0) is 18.8. The minimum atomic E-state index is -4.52. The quantitative estimate of drug-likeness (QED) is 0.773. The van der Waals surface area contributed by atoms with Crippen molar-refractivity contribution >= 4 is 17.7 Å². The van der Waals surface area contributed by atoms with Crippen LogP contribution in [0.2, 0.25) is 5.02 Å². The van der Waals surface area contributed by atoms with E-state index in [0.717, 1.165) is 12.5 Å². The summed E-state index contributed by atoms with van der Waals surface area (Å²) in [5.41, 5.74) is -1.55. The molecule has 2 heterocycles. The molecule has 1 saturated heterocycles. The first-order valence-corrected chi connectivity index (χ1v) is 8.20. The van der Waals surface area contributed by atoms with E-state index in [1.165, 1.54) is 0 Å². The van der Waals surface area contributed by atoms with Gasteiger partial charge in [-0.15, -0.1) is 0 Å². The zero-order valence-electron chi connectivity index (χ0n) is 14.2. The number of hydrogen-bond donors (Lipinski definition) is 0. The number of hydrogen-bond acceptors (Lipinski definition) is 4. The van der Waals surface area contributed by atoms with E-state index in [1.807, 2.05) is 0 Å². The Balaban J connectivity index is 1.99. The highest BCUT2D eigenvalue weighted by Gasteiger charge is 2.34. The molecule has 1 aromatic rings. The molecule has 0 N–H and O–H groups in total. The van der Waals surface area contributed by atoms with Gasteiger partial charge in [0.15, 0.2) is 0 Å². The second-order valence-corrected chi connectivity index (χ2v) is 7.20. The summed E-state index contributed by atoms with van der Waals surface area (Å²) < 4.78 is 48.6. The van der Waals surface area contributed by atoms with Crippen LogP contribution in [0.4, 0.5) is 18.0 Å². The number of rotatable bonds is 3. The Labute approximate surface area is 149 Å². The predicted molar refractivity (Wildman–Crippen MR) is 85.7 cm³/mol. The van der Waals surface area contributed by atoms with Gasteiger partial charge in [0.05, 0.1) is 11.6 Å². The molecule has 0 bridgehead atoms. The SMILES string of the molecule is CC(C)(C)OC(=O)N1CCCC1COc1ncc(C(F)(F)F)cc1Cl. The van der Waals surface area contributed by atoms with Gasteiger partial charge in [0, 0.05) is 12.7 Å². The number of likely N-dealkylation sites (tertiary alicyclic amines) is 1. The topological polar surface area (TPSA) is 51.7 Å². The lowest BCUT2D eigenvalue weighted by Crippen LogP contribution is -2.42. The van der Waals surface area contributed by atoms with Crippen LogP contribution in [0.3, 0.4) is 0 Å². The minimum Gasteiger partial charge on any atom is -0.474 e. The van der Waals surface area contributed by atoms with E-state index in [4.69, 9.17) is 21.1 Å². The van der Waals surface area contributed by atoms with Crippen molar-refractivity contribution in [2.45, 2.75) is 51.4 Å². The van der Waals surface area contributed by atoms with Crippen molar-refractivity contribution in [3.8, 4) is 5.88 Å². The zero-order valence-corrected chi connectivity index (χ0v) is 14.9. The highest BCUT2D eigenvalue weighted by Crippen LogP contribution is 2.33. The summed E-state index contributed by atoms with van der Waals surface area (Å²) in [5, 5.41) is -0.225. The summed E-state index contributed by atoms with van der Waals surface area (Å²) >= 11 is 5.81. The van der Waals surface area contributed by atoms with E-state index < -0.39 is 23.4 Å². The van der Waals surface area contributed by atoms with Crippen LogP contribution in [0.1, 0.15) is 39.2 Å². The largest absolute Gasteiger partial charge is 0.474 e. The standard InChI is InChI=1S/C16H20ClF3N2O3/c1-15(2,3)25-14(23)22-6-4-5-11(22)9-24-13-12(17)7-10(8-21-13)16(18,19)20/h7-8,11H,4-6,9H2,1-3H3. The Bertz CT molecular complexity index is 632. The molecule has 1 unspecified atom stereocenters. The van der Waals surface area contributed by atoms with Gasteiger partial charge < -0.3 is 14.4 Å². The number of aromatic nitrogens is 1.